The van der Waals surface area contributed by atoms with Gasteiger partial charge in [0.25, 0.3) is 5.91 Å². The van der Waals surface area contributed by atoms with E-state index in [1.807, 2.05) is 19.0 Å². The molecular weight excluding hydrogens is 334 g/mol. The number of sulfonamides is 1. The largest absolute Gasteiger partial charge is 0.480 e. The van der Waals surface area contributed by atoms with Gasteiger partial charge in [0.15, 0.2) is 0 Å². The van der Waals surface area contributed by atoms with E-state index in [-0.39, 0.29) is 25.5 Å². The lowest BCUT2D eigenvalue weighted by molar-refractivity contribution is -0.137. The summed E-state index contributed by atoms with van der Waals surface area (Å²) < 4.78 is 25.4. The van der Waals surface area contributed by atoms with Gasteiger partial charge in [0, 0.05) is 25.2 Å². The summed E-state index contributed by atoms with van der Waals surface area (Å²) in [7, 11) is 0.242. The Balaban J connectivity index is 2.31. The third kappa shape index (κ3) is 4.04. The summed E-state index contributed by atoms with van der Waals surface area (Å²) in [5, 5.41) is 8.86. The average Bonchev–Trinajstić information content (AvgIpc) is 2.72. The number of hydrogen-bond acceptors (Lipinski definition) is 5. The number of carbonyl (C=O) groups is 2. The molecule has 24 heavy (non-hydrogen) atoms. The van der Waals surface area contributed by atoms with Crippen molar-refractivity contribution in [2.24, 2.45) is 0 Å². The fourth-order valence-electron chi connectivity index (χ4n) is 2.59. The summed E-state index contributed by atoms with van der Waals surface area (Å²) in [5.41, 5.74) is 1.53. The minimum atomic E-state index is -3.46. The van der Waals surface area contributed by atoms with E-state index < -0.39 is 16.0 Å². The van der Waals surface area contributed by atoms with E-state index in [0.29, 0.717) is 23.4 Å². The van der Waals surface area contributed by atoms with E-state index in [0.717, 1.165) is 6.26 Å². The van der Waals surface area contributed by atoms with E-state index in [9.17, 15) is 18.0 Å². The Labute approximate surface area is 141 Å². The molecule has 1 aromatic carbocycles. The molecule has 1 aliphatic heterocycles. The second kappa shape index (κ2) is 6.78. The first-order chi connectivity index (χ1) is 11.1. The molecule has 0 bridgehead atoms. The molecule has 1 amide bonds. The zero-order valence-corrected chi connectivity index (χ0v) is 14.7. The van der Waals surface area contributed by atoms with Crippen molar-refractivity contribution in [3.63, 3.8) is 0 Å². The lowest BCUT2D eigenvalue weighted by Gasteiger charge is -2.24. The van der Waals surface area contributed by atoms with Gasteiger partial charge in [-0.1, -0.05) is 0 Å². The predicted octanol–water partition coefficient (Wildman–Crippen LogP) is 0.0546. The highest BCUT2D eigenvalue weighted by Gasteiger charge is 2.30. The molecule has 1 heterocycles. The summed E-state index contributed by atoms with van der Waals surface area (Å²) >= 11 is 0. The minimum Gasteiger partial charge on any atom is -0.480 e. The number of amides is 1. The van der Waals surface area contributed by atoms with Gasteiger partial charge in [-0.05, 0) is 37.9 Å². The van der Waals surface area contributed by atoms with Gasteiger partial charge in [0.1, 0.15) is 6.54 Å². The van der Waals surface area contributed by atoms with Crippen molar-refractivity contribution in [2.45, 2.75) is 6.54 Å². The maximum absolute atomic E-state index is 12.1. The molecule has 0 aromatic heterocycles. The van der Waals surface area contributed by atoms with Crippen molar-refractivity contribution < 1.29 is 23.1 Å². The number of carboxylic acids is 1. The van der Waals surface area contributed by atoms with Gasteiger partial charge in [0.05, 0.1) is 11.9 Å². The van der Waals surface area contributed by atoms with Crippen LogP contribution in [-0.2, 0) is 21.4 Å². The van der Waals surface area contributed by atoms with E-state index in [2.05, 4.69) is 0 Å². The van der Waals surface area contributed by atoms with Crippen molar-refractivity contribution in [1.82, 2.24) is 9.80 Å². The van der Waals surface area contributed by atoms with Crippen molar-refractivity contribution in [1.29, 1.82) is 0 Å². The Morgan fingerprint density at radius 3 is 2.50 bits per heavy atom. The summed E-state index contributed by atoms with van der Waals surface area (Å²) in [4.78, 5) is 26.1. The summed E-state index contributed by atoms with van der Waals surface area (Å²) in [5.74, 6) is -1.43. The number of likely N-dealkylation sites (N-methyl/N-ethyl adjacent to an activating group) is 1. The first kappa shape index (κ1) is 18.2. The standard InChI is InChI=1S/C15H21N3O5S/c1-16(2)6-7-18(24(3,22)23)12-4-5-13-11(8-12)9-17(15(13)21)10-14(19)20/h4-5,8H,6-7,9-10H2,1-3H3,(H,19,20). The third-order valence-electron chi connectivity index (χ3n) is 3.73. The second-order valence-electron chi connectivity index (χ2n) is 6.03. The number of fused-ring (bicyclic) bond motifs is 1. The van der Waals surface area contributed by atoms with Crippen LogP contribution in [0.3, 0.4) is 0 Å². The number of hydrogen-bond donors (Lipinski definition) is 1. The third-order valence-corrected chi connectivity index (χ3v) is 4.93. The van der Waals surface area contributed by atoms with Crippen LogP contribution in [0, 0.1) is 0 Å². The SMILES string of the molecule is CN(C)CCN(c1ccc2c(c1)CN(CC(=O)O)C2=O)S(C)(=O)=O. The monoisotopic (exact) mass is 355 g/mol. The van der Waals surface area contributed by atoms with Crippen LogP contribution in [0.4, 0.5) is 5.69 Å². The zero-order chi connectivity index (χ0) is 18.1. The fourth-order valence-corrected chi connectivity index (χ4v) is 3.50. The van der Waals surface area contributed by atoms with E-state index in [1.54, 1.807) is 18.2 Å². The van der Waals surface area contributed by atoms with Crippen LogP contribution in [0.1, 0.15) is 15.9 Å². The minimum absolute atomic E-state index is 0.166. The molecule has 0 radical (unpaired) electrons. The first-order valence-electron chi connectivity index (χ1n) is 7.36. The Morgan fingerprint density at radius 2 is 1.96 bits per heavy atom. The number of nitrogens with zero attached hydrogens (tertiary/aromatic N) is 3. The van der Waals surface area contributed by atoms with Gasteiger partial charge in [0.2, 0.25) is 10.0 Å². The lowest BCUT2D eigenvalue weighted by atomic mass is 10.1. The van der Waals surface area contributed by atoms with Crippen LogP contribution in [0.5, 0.6) is 0 Å². The molecule has 0 atom stereocenters. The van der Waals surface area contributed by atoms with Gasteiger partial charge < -0.3 is 14.9 Å². The molecule has 1 aromatic rings. The Hall–Kier alpha value is -2.13. The maximum Gasteiger partial charge on any atom is 0.323 e. The van der Waals surface area contributed by atoms with Gasteiger partial charge in [-0.25, -0.2) is 8.42 Å². The normalized spacial score (nSPS) is 14.2. The summed E-state index contributed by atoms with van der Waals surface area (Å²) in [6.07, 6.45) is 1.14. The maximum atomic E-state index is 12.1. The average molecular weight is 355 g/mol. The Bertz CT molecular complexity index is 760. The van der Waals surface area contributed by atoms with E-state index in [1.165, 1.54) is 9.21 Å². The molecular formula is C15H21N3O5S. The second-order valence-corrected chi connectivity index (χ2v) is 7.94. The smallest absolute Gasteiger partial charge is 0.323 e. The van der Waals surface area contributed by atoms with Crippen LogP contribution in [0.2, 0.25) is 0 Å². The summed E-state index contributed by atoms with van der Waals surface area (Å²) in [6.45, 7) is 0.629. The Kier molecular flexibility index (Phi) is 5.14. The highest BCUT2D eigenvalue weighted by Crippen LogP contribution is 2.28. The number of anilines is 1. The van der Waals surface area contributed by atoms with Crippen molar-refractivity contribution in [3.05, 3.63) is 29.3 Å². The molecule has 1 aliphatic rings. The topological polar surface area (TPSA) is 98.2 Å². The molecule has 132 valence electrons. The number of rotatable bonds is 7. The number of aliphatic carboxylic acids is 1. The van der Waals surface area contributed by atoms with Gasteiger partial charge in [-0.3, -0.25) is 13.9 Å². The number of carbonyl (C=O) groups excluding carboxylic acids is 1. The van der Waals surface area contributed by atoms with Crippen molar-refractivity contribution in [3.8, 4) is 0 Å². The molecule has 0 fully saturated rings. The molecule has 1 N–H and O–H groups in total. The van der Waals surface area contributed by atoms with Crippen LogP contribution in [-0.4, -0.2) is 75.2 Å². The van der Waals surface area contributed by atoms with Gasteiger partial charge in [-0.15, -0.1) is 0 Å². The van der Waals surface area contributed by atoms with E-state index >= 15 is 0 Å². The Morgan fingerprint density at radius 1 is 1.29 bits per heavy atom. The highest BCUT2D eigenvalue weighted by atomic mass is 32.2. The fraction of sp³-hybridized carbons (Fsp3) is 0.467. The van der Waals surface area contributed by atoms with Gasteiger partial charge >= 0.3 is 5.97 Å². The van der Waals surface area contributed by atoms with Crippen molar-refractivity contribution >= 4 is 27.6 Å². The number of carboxylic acid groups (broad SMARTS) is 1. The van der Waals surface area contributed by atoms with Gasteiger partial charge in [-0.2, -0.15) is 0 Å². The molecule has 0 saturated heterocycles. The lowest BCUT2D eigenvalue weighted by Crippen LogP contribution is -2.36. The highest BCUT2D eigenvalue weighted by molar-refractivity contribution is 7.92. The number of benzene rings is 1. The van der Waals surface area contributed by atoms with Crippen LogP contribution < -0.4 is 4.31 Å². The molecule has 8 nitrogen and oxygen atoms in total. The summed E-state index contributed by atoms with van der Waals surface area (Å²) in [6, 6.07) is 4.78. The van der Waals surface area contributed by atoms with Crippen LogP contribution >= 0.6 is 0 Å². The molecule has 0 unspecified atom stereocenters. The first-order valence-corrected chi connectivity index (χ1v) is 9.21. The quantitative estimate of drug-likeness (QED) is 0.742. The molecule has 2 rings (SSSR count). The molecule has 0 saturated carbocycles. The predicted molar refractivity (Wildman–Crippen MR) is 89.6 cm³/mol. The van der Waals surface area contributed by atoms with Crippen LogP contribution in [0.25, 0.3) is 0 Å². The molecule has 0 spiro atoms. The molecule has 0 aliphatic carbocycles. The zero-order valence-electron chi connectivity index (χ0n) is 13.9. The molecule has 9 heteroatoms. The van der Waals surface area contributed by atoms with Crippen molar-refractivity contribution in [2.75, 3.05) is 44.3 Å². The van der Waals surface area contributed by atoms with E-state index in [4.69, 9.17) is 5.11 Å². The van der Waals surface area contributed by atoms with Crippen LogP contribution in [0.15, 0.2) is 18.2 Å².